The summed E-state index contributed by atoms with van der Waals surface area (Å²) in [6, 6.07) is -2.58. The van der Waals surface area contributed by atoms with Crippen LogP contribution in [0.2, 0.25) is 0 Å². The standard InChI is InChI=1S/C26H34N4O13/c31-18(28-17(26(40)41)8-14-24(37)43-30-21(34)11-12-22(30)35)6-4-2-1-3-5-15-27-16(25(38)39)7-13-23(36)42-29-19(32)9-10-20(29)33/h15-17H,1-14H2,(H,28,31)(H,38,39)(H,40,41)/b27-15+. The molecule has 0 aromatic carbocycles. The lowest BCUT2D eigenvalue weighted by molar-refractivity contribution is -0.197. The molecule has 17 heteroatoms. The molecule has 236 valence electrons. The maximum Gasteiger partial charge on any atom is 0.333 e. The van der Waals surface area contributed by atoms with Crippen LogP contribution < -0.4 is 5.32 Å². The second-order valence-electron chi connectivity index (χ2n) is 9.76. The topological polar surface area (TPSA) is 243 Å². The van der Waals surface area contributed by atoms with E-state index in [1.165, 1.54) is 6.21 Å². The van der Waals surface area contributed by atoms with E-state index >= 15 is 0 Å². The predicted octanol–water partition coefficient (Wildman–Crippen LogP) is 0.195. The number of aliphatic imine (C=N–C) groups is 1. The number of aliphatic carboxylic acids is 2. The molecule has 0 bridgehead atoms. The summed E-state index contributed by atoms with van der Waals surface area (Å²) in [4.78, 5) is 118. The first-order chi connectivity index (χ1) is 20.4. The van der Waals surface area contributed by atoms with Crippen molar-refractivity contribution in [3.8, 4) is 0 Å². The van der Waals surface area contributed by atoms with E-state index in [-0.39, 0.29) is 51.4 Å². The Bertz CT molecular complexity index is 1120. The first kappa shape index (κ1) is 34.5. The number of hydrogen-bond donors (Lipinski definition) is 3. The normalized spacial score (nSPS) is 16.5. The third-order valence-electron chi connectivity index (χ3n) is 6.35. The lowest BCUT2D eigenvalue weighted by Crippen LogP contribution is -2.41. The molecule has 0 aromatic heterocycles. The minimum atomic E-state index is -1.37. The van der Waals surface area contributed by atoms with Gasteiger partial charge in [-0.05, 0) is 38.3 Å². The van der Waals surface area contributed by atoms with Crippen molar-refractivity contribution in [2.75, 3.05) is 0 Å². The number of unbranched alkanes of at least 4 members (excludes halogenated alkanes) is 4. The van der Waals surface area contributed by atoms with E-state index in [2.05, 4.69) is 15.1 Å². The van der Waals surface area contributed by atoms with Gasteiger partial charge in [-0.25, -0.2) is 19.2 Å². The fraction of sp³-hybridized carbons (Fsp3) is 0.615. The van der Waals surface area contributed by atoms with Crippen LogP contribution >= 0.6 is 0 Å². The van der Waals surface area contributed by atoms with Crippen molar-refractivity contribution >= 4 is 59.6 Å². The number of hydrogen-bond acceptors (Lipinski definition) is 12. The van der Waals surface area contributed by atoms with Crippen LogP contribution in [0.1, 0.15) is 89.9 Å². The van der Waals surface area contributed by atoms with Gasteiger partial charge in [0.05, 0.1) is 12.8 Å². The Balaban J connectivity index is 1.59. The molecular formula is C26H34N4O13. The van der Waals surface area contributed by atoms with Crippen LogP contribution in [0.25, 0.3) is 0 Å². The average Bonchev–Trinajstić information content (AvgIpc) is 3.43. The summed E-state index contributed by atoms with van der Waals surface area (Å²) in [5, 5.41) is 21.7. The van der Waals surface area contributed by atoms with Crippen LogP contribution in [0.15, 0.2) is 4.99 Å². The zero-order chi connectivity index (χ0) is 31.9. The van der Waals surface area contributed by atoms with Gasteiger partial charge in [-0.3, -0.25) is 29.0 Å². The molecule has 0 radical (unpaired) electrons. The van der Waals surface area contributed by atoms with Crippen molar-refractivity contribution in [3.63, 3.8) is 0 Å². The minimum absolute atomic E-state index is 0.0326. The lowest BCUT2D eigenvalue weighted by atomic mass is 10.1. The zero-order valence-corrected chi connectivity index (χ0v) is 23.4. The highest BCUT2D eigenvalue weighted by Gasteiger charge is 2.34. The van der Waals surface area contributed by atoms with Gasteiger partial charge < -0.3 is 25.2 Å². The maximum absolute atomic E-state index is 12.1. The molecule has 0 saturated carbocycles. The van der Waals surface area contributed by atoms with E-state index in [1.54, 1.807) is 0 Å². The van der Waals surface area contributed by atoms with Crippen molar-refractivity contribution in [3.05, 3.63) is 0 Å². The first-order valence-corrected chi connectivity index (χ1v) is 13.8. The predicted molar refractivity (Wildman–Crippen MR) is 140 cm³/mol. The van der Waals surface area contributed by atoms with Gasteiger partial charge in [0, 0.05) is 32.1 Å². The van der Waals surface area contributed by atoms with Crippen LogP contribution in [0.4, 0.5) is 0 Å². The van der Waals surface area contributed by atoms with Gasteiger partial charge in [-0.2, -0.15) is 0 Å². The number of imide groups is 2. The van der Waals surface area contributed by atoms with Gasteiger partial charge in [-0.15, -0.1) is 10.1 Å². The van der Waals surface area contributed by atoms with Gasteiger partial charge in [0.1, 0.15) is 12.1 Å². The number of rotatable bonds is 19. The number of carboxylic acids is 2. The highest BCUT2D eigenvalue weighted by molar-refractivity contribution is 6.02. The van der Waals surface area contributed by atoms with Gasteiger partial charge in [0.2, 0.25) is 5.91 Å². The number of carboxylic acid groups (broad SMARTS) is 2. The zero-order valence-electron chi connectivity index (χ0n) is 23.4. The van der Waals surface area contributed by atoms with Crippen LogP contribution in [-0.4, -0.2) is 92.1 Å². The SMILES string of the molecule is O=C(CCCCCC/C=N/C(CCC(=O)ON1C(=O)CCC1=O)C(=O)O)NC(CCC(=O)ON1C(=O)CCC1=O)C(=O)O. The van der Waals surface area contributed by atoms with Crippen LogP contribution in [-0.2, 0) is 52.8 Å². The molecule has 2 unspecified atom stereocenters. The lowest BCUT2D eigenvalue weighted by Gasteiger charge is -2.16. The highest BCUT2D eigenvalue weighted by Crippen LogP contribution is 2.15. The van der Waals surface area contributed by atoms with Gasteiger partial charge >= 0.3 is 23.9 Å². The molecule has 2 fully saturated rings. The Labute approximate surface area is 245 Å². The molecule has 43 heavy (non-hydrogen) atoms. The molecule has 2 aliphatic rings. The molecule has 0 spiro atoms. The van der Waals surface area contributed by atoms with E-state index in [4.69, 9.17) is 4.84 Å². The Morgan fingerprint density at radius 1 is 0.721 bits per heavy atom. The summed E-state index contributed by atoms with van der Waals surface area (Å²) in [6.07, 6.45) is 2.69. The van der Waals surface area contributed by atoms with Crippen molar-refractivity contribution in [1.82, 2.24) is 15.4 Å². The number of hydroxylamine groups is 4. The summed E-state index contributed by atoms with van der Waals surface area (Å²) < 4.78 is 0. The highest BCUT2D eigenvalue weighted by atomic mass is 16.7. The summed E-state index contributed by atoms with van der Waals surface area (Å²) >= 11 is 0. The largest absolute Gasteiger partial charge is 0.480 e. The second kappa shape index (κ2) is 17.3. The smallest absolute Gasteiger partial charge is 0.333 e. The van der Waals surface area contributed by atoms with Gasteiger partial charge in [0.25, 0.3) is 23.6 Å². The minimum Gasteiger partial charge on any atom is -0.480 e. The molecule has 0 aliphatic carbocycles. The molecule has 17 nitrogen and oxygen atoms in total. The number of carbonyl (C=O) groups is 9. The summed E-state index contributed by atoms with van der Waals surface area (Å²) in [5.41, 5.74) is 0. The van der Waals surface area contributed by atoms with Crippen molar-refractivity contribution < 1.29 is 63.0 Å². The van der Waals surface area contributed by atoms with Crippen LogP contribution in [0, 0.1) is 0 Å². The molecule has 2 aliphatic heterocycles. The van der Waals surface area contributed by atoms with Crippen molar-refractivity contribution in [2.24, 2.45) is 4.99 Å². The molecule has 2 rings (SSSR count). The quantitative estimate of drug-likeness (QED) is 0.101. The molecule has 3 N–H and O–H groups in total. The van der Waals surface area contributed by atoms with E-state index < -0.39 is 71.9 Å². The van der Waals surface area contributed by atoms with Gasteiger partial charge in [-0.1, -0.05) is 12.8 Å². The maximum atomic E-state index is 12.1. The second-order valence-corrected chi connectivity index (χ2v) is 9.76. The summed E-state index contributed by atoms with van der Waals surface area (Å²) in [7, 11) is 0. The molecule has 5 amide bonds. The molecule has 2 saturated heterocycles. The molecular weight excluding hydrogens is 576 g/mol. The molecule has 0 aromatic rings. The van der Waals surface area contributed by atoms with E-state index in [0.717, 1.165) is 0 Å². The molecule has 2 heterocycles. The Morgan fingerprint density at radius 2 is 1.21 bits per heavy atom. The number of carbonyl (C=O) groups excluding carboxylic acids is 7. The number of amides is 5. The van der Waals surface area contributed by atoms with Crippen molar-refractivity contribution in [2.45, 2.75) is 102 Å². The Kier molecular flexibility index (Phi) is 13.9. The fourth-order valence-electron chi connectivity index (χ4n) is 3.99. The summed E-state index contributed by atoms with van der Waals surface area (Å²) in [6.45, 7) is 0. The van der Waals surface area contributed by atoms with E-state index in [9.17, 15) is 53.4 Å². The van der Waals surface area contributed by atoms with Crippen LogP contribution in [0.5, 0.6) is 0 Å². The molecule has 2 atom stereocenters. The van der Waals surface area contributed by atoms with E-state index in [1.807, 2.05) is 0 Å². The first-order valence-electron chi connectivity index (χ1n) is 13.8. The fourth-order valence-corrected chi connectivity index (χ4v) is 3.99. The van der Waals surface area contributed by atoms with Crippen LogP contribution in [0.3, 0.4) is 0 Å². The number of nitrogens with one attached hydrogen (secondary N) is 1. The average molecular weight is 611 g/mol. The monoisotopic (exact) mass is 610 g/mol. The third-order valence-corrected chi connectivity index (χ3v) is 6.35. The number of nitrogens with zero attached hydrogens (tertiary/aromatic N) is 3. The third kappa shape index (κ3) is 12.0. The van der Waals surface area contributed by atoms with Crippen molar-refractivity contribution in [1.29, 1.82) is 0 Å². The Hall–Kier alpha value is -4.70. The summed E-state index contributed by atoms with van der Waals surface area (Å²) in [5.74, 6) is -7.63. The van der Waals surface area contributed by atoms with E-state index in [0.29, 0.717) is 42.2 Å². The Morgan fingerprint density at radius 3 is 1.70 bits per heavy atom. The van der Waals surface area contributed by atoms with Gasteiger partial charge in [0.15, 0.2) is 0 Å².